The van der Waals surface area contributed by atoms with Gasteiger partial charge in [0.2, 0.25) is 0 Å². The molecule has 0 aliphatic heterocycles. The van der Waals surface area contributed by atoms with Gasteiger partial charge in [-0.25, -0.2) is 0 Å². The first kappa shape index (κ1) is 13.5. The standard InChI is InChI=1S/C11H13BrF3N/c1-7(2)16-6-8-3-4-9(5-10(8)12)11(13,14)15/h3-5,7,16H,6H2,1-2H3. The highest BCUT2D eigenvalue weighted by molar-refractivity contribution is 9.10. The van der Waals surface area contributed by atoms with Crippen molar-refractivity contribution in [1.82, 2.24) is 5.32 Å². The Hall–Kier alpha value is -0.550. The zero-order valence-corrected chi connectivity index (χ0v) is 10.6. The van der Waals surface area contributed by atoms with E-state index < -0.39 is 11.7 Å². The summed E-state index contributed by atoms with van der Waals surface area (Å²) in [5, 5.41) is 3.15. The highest BCUT2D eigenvalue weighted by atomic mass is 79.9. The molecule has 0 amide bonds. The van der Waals surface area contributed by atoms with Crippen LogP contribution in [0.5, 0.6) is 0 Å². The van der Waals surface area contributed by atoms with Crippen LogP contribution in [-0.2, 0) is 12.7 Å². The topological polar surface area (TPSA) is 12.0 Å². The van der Waals surface area contributed by atoms with E-state index in [1.54, 1.807) is 0 Å². The van der Waals surface area contributed by atoms with Crippen LogP contribution in [0.1, 0.15) is 25.0 Å². The van der Waals surface area contributed by atoms with E-state index in [1.165, 1.54) is 6.07 Å². The van der Waals surface area contributed by atoms with Crippen LogP contribution in [0.2, 0.25) is 0 Å². The first-order valence-corrected chi connectivity index (χ1v) is 5.69. The van der Waals surface area contributed by atoms with Gasteiger partial charge in [0.1, 0.15) is 0 Å². The van der Waals surface area contributed by atoms with Crippen molar-refractivity contribution in [2.24, 2.45) is 0 Å². The van der Waals surface area contributed by atoms with E-state index in [-0.39, 0.29) is 0 Å². The number of halogens is 4. The minimum atomic E-state index is -4.29. The second-order valence-electron chi connectivity index (χ2n) is 3.84. The molecular formula is C11H13BrF3N. The molecule has 0 fully saturated rings. The average molecular weight is 296 g/mol. The zero-order valence-electron chi connectivity index (χ0n) is 9.03. The lowest BCUT2D eigenvalue weighted by Gasteiger charge is -2.12. The van der Waals surface area contributed by atoms with Gasteiger partial charge in [0.25, 0.3) is 0 Å². The molecule has 1 N–H and O–H groups in total. The molecule has 1 aromatic carbocycles. The molecule has 0 bridgehead atoms. The molecule has 0 heterocycles. The monoisotopic (exact) mass is 295 g/mol. The van der Waals surface area contributed by atoms with E-state index >= 15 is 0 Å². The van der Waals surface area contributed by atoms with Crippen molar-refractivity contribution in [3.8, 4) is 0 Å². The highest BCUT2D eigenvalue weighted by Crippen LogP contribution is 2.32. The smallest absolute Gasteiger partial charge is 0.310 e. The summed E-state index contributed by atoms with van der Waals surface area (Å²) in [5.74, 6) is 0. The fourth-order valence-electron chi connectivity index (χ4n) is 1.18. The van der Waals surface area contributed by atoms with Crippen LogP contribution in [-0.4, -0.2) is 6.04 Å². The number of hydrogen-bond acceptors (Lipinski definition) is 1. The Balaban J connectivity index is 2.84. The maximum Gasteiger partial charge on any atom is 0.416 e. The second-order valence-corrected chi connectivity index (χ2v) is 4.69. The van der Waals surface area contributed by atoms with Gasteiger partial charge in [-0.1, -0.05) is 35.8 Å². The molecule has 16 heavy (non-hydrogen) atoms. The third-order valence-corrected chi connectivity index (χ3v) is 2.82. The first-order chi connectivity index (χ1) is 7.30. The van der Waals surface area contributed by atoms with Crippen LogP contribution in [0, 0.1) is 0 Å². The number of alkyl halides is 3. The third kappa shape index (κ3) is 3.79. The highest BCUT2D eigenvalue weighted by Gasteiger charge is 2.30. The fourth-order valence-corrected chi connectivity index (χ4v) is 1.70. The molecule has 1 nitrogen and oxygen atoms in total. The summed E-state index contributed by atoms with van der Waals surface area (Å²) in [6, 6.07) is 4.00. The predicted molar refractivity (Wildman–Crippen MR) is 61.1 cm³/mol. The summed E-state index contributed by atoms with van der Waals surface area (Å²) in [5.41, 5.74) is 0.189. The van der Waals surface area contributed by atoms with E-state index in [2.05, 4.69) is 21.2 Å². The lowest BCUT2D eigenvalue weighted by atomic mass is 10.1. The van der Waals surface area contributed by atoms with E-state index in [4.69, 9.17) is 0 Å². The molecule has 90 valence electrons. The van der Waals surface area contributed by atoms with Gasteiger partial charge in [-0.3, -0.25) is 0 Å². The molecule has 0 spiro atoms. The van der Waals surface area contributed by atoms with Crippen LogP contribution in [0.25, 0.3) is 0 Å². The summed E-state index contributed by atoms with van der Waals surface area (Å²) < 4.78 is 37.6. The molecule has 0 aliphatic carbocycles. The third-order valence-electron chi connectivity index (χ3n) is 2.08. The molecule has 1 rings (SSSR count). The lowest BCUT2D eigenvalue weighted by molar-refractivity contribution is -0.137. The van der Waals surface area contributed by atoms with Crippen LogP contribution in [0.15, 0.2) is 22.7 Å². The Kier molecular flexibility index (Phi) is 4.38. The molecule has 0 saturated heterocycles. The van der Waals surface area contributed by atoms with Crippen molar-refractivity contribution in [3.05, 3.63) is 33.8 Å². The van der Waals surface area contributed by atoms with Crippen molar-refractivity contribution in [1.29, 1.82) is 0 Å². The van der Waals surface area contributed by atoms with Gasteiger partial charge in [0.05, 0.1) is 5.56 Å². The number of rotatable bonds is 3. The summed E-state index contributed by atoms with van der Waals surface area (Å²) in [4.78, 5) is 0. The zero-order chi connectivity index (χ0) is 12.3. The van der Waals surface area contributed by atoms with E-state index in [0.717, 1.165) is 17.7 Å². The largest absolute Gasteiger partial charge is 0.416 e. The number of benzene rings is 1. The van der Waals surface area contributed by atoms with Gasteiger partial charge in [-0.15, -0.1) is 0 Å². The molecule has 0 unspecified atom stereocenters. The quantitative estimate of drug-likeness (QED) is 0.890. The Bertz CT molecular complexity index is 361. The minimum absolute atomic E-state index is 0.300. The lowest BCUT2D eigenvalue weighted by Crippen LogP contribution is -2.22. The molecule has 1 aromatic rings. The number of nitrogens with one attached hydrogen (secondary N) is 1. The van der Waals surface area contributed by atoms with Gasteiger partial charge >= 0.3 is 6.18 Å². The van der Waals surface area contributed by atoms with Gasteiger partial charge in [0.15, 0.2) is 0 Å². The Labute approximate surface area is 101 Å². The fraction of sp³-hybridized carbons (Fsp3) is 0.455. The minimum Gasteiger partial charge on any atom is -0.310 e. The van der Waals surface area contributed by atoms with Crippen LogP contribution in [0.4, 0.5) is 13.2 Å². The van der Waals surface area contributed by atoms with Crippen LogP contribution >= 0.6 is 15.9 Å². The Morgan fingerprint density at radius 2 is 1.94 bits per heavy atom. The van der Waals surface area contributed by atoms with Crippen LogP contribution < -0.4 is 5.32 Å². The van der Waals surface area contributed by atoms with Crippen molar-refractivity contribution >= 4 is 15.9 Å². The summed E-state index contributed by atoms with van der Waals surface area (Å²) in [6.07, 6.45) is -4.29. The molecule has 5 heteroatoms. The van der Waals surface area contributed by atoms with Crippen molar-refractivity contribution in [2.45, 2.75) is 32.6 Å². The molecule has 0 atom stereocenters. The average Bonchev–Trinajstić information content (AvgIpc) is 2.14. The second kappa shape index (κ2) is 5.19. The van der Waals surface area contributed by atoms with Crippen LogP contribution in [0.3, 0.4) is 0 Å². The van der Waals surface area contributed by atoms with E-state index in [9.17, 15) is 13.2 Å². The van der Waals surface area contributed by atoms with Gasteiger partial charge in [-0.05, 0) is 17.7 Å². The van der Waals surface area contributed by atoms with Gasteiger partial charge in [0, 0.05) is 17.1 Å². The summed E-state index contributed by atoms with van der Waals surface area (Å²) >= 11 is 3.15. The maximum atomic E-state index is 12.4. The van der Waals surface area contributed by atoms with Crippen molar-refractivity contribution < 1.29 is 13.2 Å². The van der Waals surface area contributed by atoms with Crippen molar-refractivity contribution in [2.75, 3.05) is 0 Å². The molecule has 0 aromatic heterocycles. The normalized spacial score (nSPS) is 12.2. The maximum absolute atomic E-state index is 12.4. The van der Waals surface area contributed by atoms with Gasteiger partial charge in [-0.2, -0.15) is 13.2 Å². The van der Waals surface area contributed by atoms with Gasteiger partial charge < -0.3 is 5.32 Å². The van der Waals surface area contributed by atoms with E-state index in [1.807, 2.05) is 13.8 Å². The molecular weight excluding hydrogens is 283 g/mol. The van der Waals surface area contributed by atoms with E-state index in [0.29, 0.717) is 17.1 Å². The predicted octanol–water partition coefficient (Wildman–Crippen LogP) is 3.97. The number of hydrogen-bond donors (Lipinski definition) is 1. The molecule has 0 aliphatic rings. The summed E-state index contributed by atoms with van der Waals surface area (Å²) in [7, 11) is 0. The summed E-state index contributed by atoms with van der Waals surface area (Å²) in [6.45, 7) is 4.52. The Morgan fingerprint density at radius 3 is 2.38 bits per heavy atom. The molecule has 0 radical (unpaired) electrons. The Morgan fingerprint density at radius 1 is 1.31 bits per heavy atom. The van der Waals surface area contributed by atoms with Crippen molar-refractivity contribution in [3.63, 3.8) is 0 Å². The first-order valence-electron chi connectivity index (χ1n) is 4.89. The molecule has 0 saturated carbocycles. The SMILES string of the molecule is CC(C)NCc1ccc(C(F)(F)F)cc1Br.